The van der Waals surface area contributed by atoms with E-state index >= 15 is 0 Å². The number of aryl methyl sites for hydroxylation is 1. The van der Waals surface area contributed by atoms with Gasteiger partial charge in [-0.3, -0.25) is 4.72 Å². The molecule has 0 fully saturated rings. The number of hydrogen-bond acceptors (Lipinski definition) is 10. The number of benzene rings is 1. The largest absolute Gasteiger partial charge is 0.516 e. The van der Waals surface area contributed by atoms with Crippen LogP contribution in [0.25, 0.3) is 0 Å². The van der Waals surface area contributed by atoms with E-state index in [4.69, 9.17) is 0 Å². The third kappa shape index (κ3) is 7.07. The number of sulfonamides is 1. The van der Waals surface area contributed by atoms with Gasteiger partial charge < -0.3 is 9.64 Å². The van der Waals surface area contributed by atoms with Crippen molar-refractivity contribution in [3.63, 3.8) is 0 Å². The van der Waals surface area contributed by atoms with Crippen LogP contribution >= 0.6 is 11.3 Å². The summed E-state index contributed by atoms with van der Waals surface area (Å²) in [4.78, 5) is 13.7. The van der Waals surface area contributed by atoms with Gasteiger partial charge >= 0.3 is 33.8 Å². The summed E-state index contributed by atoms with van der Waals surface area (Å²) in [5.41, 5.74) is -5.51. The van der Waals surface area contributed by atoms with Crippen molar-refractivity contribution in [1.82, 2.24) is 10.2 Å². The van der Waals surface area contributed by atoms with Gasteiger partial charge in [-0.25, -0.2) is 4.79 Å². The second-order valence-corrected chi connectivity index (χ2v) is 11.7. The maximum absolute atomic E-state index is 13.2. The van der Waals surface area contributed by atoms with Gasteiger partial charge in [0.1, 0.15) is 5.69 Å². The minimum Gasteiger partial charge on any atom is -0.388 e. The first-order chi connectivity index (χ1) is 19.3. The third-order valence-electron chi connectivity index (χ3n) is 6.35. The second kappa shape index (κ2) is 12.2. The van der Waals surface area contributed by atoms with Crippen LogP contribution in [0.15, 0.2) is 22.4 Å². The lowest BCUT2D eigenvalue weighted by Gasteiger charge is -2.44. The maximum Gasteiger partial charge on any atom is 0.516 e. The van der Waals surface area contributed by atoms with E-state index in [2.05, 4.69) is 25.2 Å². The van der Waals surface area contributed by atoms with Gasteiger partial charge in [-0.15, -0.1) is 20.4 Å². The average Bonchev–Trinajstić information content (AvgIpc) is 3.36. The molecule has 1 atom stereocenters. The van der Waals surface area contributed by atoms with E-state index in [1.807, 2.05) is 25.7 Å². The van der Waals surface area contributed by atoms with Crippen molar-refractivity contribution in [2.75, 3.05) is 9.62 Å². The molecular formula is C22H24F8N6O4S2. The molecule has 2 aromatic rings. The number of anilines is 2. The van der Waals surface area contributed by atoms with E-state index in [0.29, 0.717) is 36.9 Å². The summed E-state index contributed by atoms with van der Waals surface area (Å²) in [6.07, 6.45) is -8.72. The number of esters is 1. The van der Waals surface area contributed by atoms with Crippen LogP contribution in [-0.2, 0) is 21.2 Å². The Bertz CT molecular complexity index is 1420. The summed E-state index contributed by atoms with van der Waals surface area (Å²) in [6.45, 7) is 5.85. The molecule has 10 nitrogen and oxygen atoms in total. The Kier molecular flexibility index (Phi) is 9.70. The summed E-state index contributed by atoms with van der Waals surface area (Å²) in [7, 11) is -5.91. The first-order valence-electron chi connectivity index (χ1n) is 12.3. The van der Waals surface area contributed by atoms with Crippen LogP contribution in [0.2, 0.25) is 0 Å². The predicted molar refractivity (Wildman–Crippen MR) is 135 cm³/mol. The highest BCUT2D eigenvalue weighted by Crippen LogP contribution is 2.43. The van der Waals surface area contributed by atoms with Gasteiger partial charge in [-0.05, 0) is 49.8 Å². The lowest BCUT2D eigenvalue weighted by molar-refractivity contribution is -0.370. The van der Waals surface area contributed by atoms with E-state index in [9.17, 15) is 48.3 Å². The molecule has 1 aromatic carbocycles. The SMILES string of the molecule is CCC(CC)N1c2cc(NS(=O)(=O)C(F)(F)F)c(N=Nc3nnc(C(=O)OC(F)(F)C(F)(F)F)s3)cc2CCC1CC. The molecule has 1 aliphatic heterocycles. The number of aromatic nitrogens is 2. The van der Waals surface area contributed by atoms with Crippen molar-refractivity contribution < 1.29 is 53.1 Å². The fraction of sp³-hybridized carbons (Fsp3) is 0.591. The van der Waals surface area contributed by atoms with Crippen molar-refractivity contribution in [2.45, 2.75) is 82.8 Å². The van der Waals surface area contributed by atoms with Gasteiger partial charge in [0.25, 0.3) is 5.13 Å². The number of rotatable bonds is 10. The van der Waals surface area contributed by atoms with Gasteiger partial charge in [-0.1, -0.05) is 32.1 Å². The molecule has 1 N–H and O–H groups in total. The smallest absolute Gasteiger partial charge is 0.388 e. The van der Waals surface area contributed by atoms with Crippen LogP contribution in [0.1, 0.15) is 61.8 Å². The number of azo groups is 1. The van der Waals surface area contributed by atoms with E-state index in [1.54, 1.807) is 0 Å². The van der Waals surface area contributed by atoms with Crippen molar-refractivity contribution in [3.05, 3.63) is 22.7 Å². The quantitative estimate of drug-likeness (QED) is 0.163. The van der Waals surface area contributed by atoms with Gasteiger partial charge in [0.2, 0.25) is 5.01 Å². The Hall–Kier alpha value is -3.16. The number of fused-ring (bicyclic) bond motifs is 1. The first-order valence-corrected chi connectivity index (χ1v) is 14.6. The average molecular weight is 653 g/mol. The van der Waals surface area contributed by atoms with E-state index in [0.717, 1.165) is 6.42 Å². The molecule has 0 aliphatic carbocycles. The zero-order valence-corrected chi connectivity index (χ0v) is 23.7. The van der Waals surface area contributed by atoms with Gasteiger partial charge in [0.05, 0.1) is 5.69 Å². The molecule has 0 spiro atoms. The molecule has 1 aromatic heterocycles. The predicted octanol–water partition coefficient (Wildman–Crippen LogP) is 7.25. The summed E-state index contributed by atoms with van der Waals surface area (Å²) in [6, 6.07) is 2.58. The van der Waals surface area contributed by atoms with Crippen molar-refractivity contribution in [2.24, 2.45) is 10.2 Å². The zero-order chi connectivity index (χ0) is 31.7. The van der Waals surface area contributed by atoms with Crippen LogP contribution in [0.3, 0.4) is 0 Å². The molecule has 2 heterocycles. The maximum atomic E-state index is 13.2. The summed E-state index contributed by atoms with van der Waals surface area (Å²) in [5.74, 6) is -2.17. The van der Waals surface area contributed by atoms with Crippen LogP contribution in [0, 0.1) is 0 Å². The molecule has 0 bridgehead atoms. The number of halogens is 8. The Balaban J connectivity index is 2.03. The Morgan fingerprint density at radius 1 is 1.10 bits per heavy atom. The van der Waals surface area contributed by atoms with Crippen LogP contribution < -0.4 is 9.62 Å². The summed E-state index contributed by atoms with van der Waals surface area (Å²) < 4.78 is 131. The number of carbonyl (C=O) groups is 1. The van der Waals surface area contributed by atoms with Crippen molar-refractivity contribution in [3.8, 4) is 0 Å². The Morgan fingerprint density at radius 3 is 2.29 bits per heavy atom. The Labute approximate surface area is 238 Å². The van der Waals surface area contributed by atoms with Crippen LogP contribution in [0.5, 0.6) is 0 Å². The highest BCUT2D eigenvalue weighted by molar-refractivity contribution is 7.93. The normalized spacial score (nSPS) is 16.7. The summed E-state index contributed by atoms with van der Waals surface area (Å²) >= 11 is 0.0924. The molecule has 3 rings (SSSR count). The number of alkyl halides is 8. The Morgan fingerprint density at radius 2 is 1.74 bits per heavy atom. The van der Waals surface area contributed by atoms with Crippen molar-refractivity contribution in [1.29, 1.82) is 0 Å². The van der Waals surface area contributed by atoms with Crippen molar-refractivity contribution >= 4 is 49.5 Å². The molecule has 234 valence electrons. The first kappa shape index (κ1) is 33.3. The molecule has 0 saturated heterocycles. The molecule has 20 heteroatoms. The highest BCUT2D eigenvalue weighted by atomic mass is 32.2. The molecule has 42 heavy (non-hydrogen) atoms. The van der Waals surface area contributed by atoms with Gasteiger partial charge in [-0.2, -0.15) is 43.5 Å². The van der Waals surface area contributed by atoms with Gasteiger partial charge in [0.15, 0.2) is 0 Å². The fourth-order valence-corrected chi connectivity index (χ4v) is 5.43. The van der Waals surface area contributed by atoms with Crippen LogP contribution in [-0.4, -0.2) is 54.5 Å². The van der Waals surface area contributed by atoms with E-state index < -0.39 is 49.6 Å². The fourth-order valence-electron chi connectivity index (χ4n) is 4.32. The zero-order valence-electron chi connectivity index (χ0n) is 22.1. The van der Waals surface area contributed by atoms with E-state index in [1.165, 1.54) is 16.9 Å². The van der Waals surface area contributed by atoms with Crippen LogP contribution in [0.4, 0.5) is 57.3 Å². The standard InChI is InChI=1S/C22H24F8N6O4S2/c1-4-12(5-2)36-13(6-3)8-7-11-9-14(15(10-16(11)36)35-42(38,39)22(28,29)30)31-33-19-34-32-17(41-19)18(37)40-21(26,27)20(23,24)25/h9-10,12-13,35H,4-8H2,1-3H3. The number of nitrogens with one attached hydrogen (secondary N) is 1. The van der Waals surface area contributed by atoms with E-state index in [-0.39, 0.29) is 29.1 Å². The number of hydrogen-bond donors (Lipinski definition) is 1. The molecule has 0 radical (unpaired) electrons. The minimum atomic E-state index is -6.19. The molecule has 0 amide bonds. The summed E-state index contributed by atoms with van der Waals surface area (Å²) in [5, 5.41) is 12.1. The molecule has 1 unspecified atom stereocenters. The highest BCUT2D eigenvalue weighted by Gasteiger charge is 2.62. The molecule has 1 aliphatic rings. The third-order valence-corrected chi connectivity index (χ3v) is 8.24. The molecule has 0 saturated carbocycles. The lowest BCUT2D eigenvalue weighted by atomic mass is 9.90. The molecular weight excluding hydrogens is 628 g/mol. The second-order valence-electron chi connectivity index (χ2n) is 9.02. The van der Waals surface area contributed by atoms with Gasteiger partial charge in [0, 0.05) is 17.8 Å². The minimum absolute atomic E-state index is 0.00200. The number of nitrogens with zero attached hydrogens (tertiary/aromatic N) is 5. The number of ether oxygens (including phenoxy) is 1. The number of carbonyl (C=O) groups excluding carboxylic acids is 1. The monoisotopic (exact) mass is 652 g/mol. The topological polar surface area (TPSA) is 126 Å². The lowest BCUT2D eigenvalue weighted by Crippen LogP contribution is -2.45.